The normalized spacial score (nSPS) is 26.2. The van der Waals surface area contributed by atoms with E-state index in [4.69, 9.17) is 11.6 Å². The Balaban J connectivity index is 1.49. The van der Waals surface area contributed by atoms with Gasteiger partial charge in [0.15, 0.2) is 0 Å². The molecule has 0 aliphatic carbocycles. The Morgan fingerprint density at radius 2 is 1.67 bits per heavy atom. The molecule has 3 aliphatic heterocycles. The van der Waals surface area contributed by atoms with Crippen molar-refractivity contribution in [1.82, 2.24) is 4.90 Å². The van der Waals surface area contributed by atoms with Crippen LogP contribution in [0.25, 0.3) is 0 Å². The van der Waals surface area contributed by atoms with Crippen molar-refractivity contribution in [1.29, 1.82) is 0 Å². The lowest BCUT2D eigenvalue weighted by molar-refractivity contribution is -0.141. The molecule has 3 heterocycles. The number of amides is 3. The minimum atomic E-state index is -0.969. The largest absolute Gasteiger partial charge is 0.394 e. The van der Waals surface area contributed by atoms with Gasteiger partial charge in [-0.25, -0.2) is 0 Å². The highest BCUT2D eigenvalue weighted by Crippen LogP contribution is 2.68. The van der Waals surface area contributed by atoms with Gasteiger partial charge >= 0.3 is 0 Å². The standard InChI is InChI=1S/C38H39BrClN3O4S/c1-4-19-41(26-16-10-7-11-17-26)35(45)30-31-36(46)43(27(23-44)21-25-14-8-6-9-15-25)34(38(31)22-28(39)33(30)48-38)37(47)42(20-5-2)32-24(3)13-12-18-29(32)40/h4-18,27-28,30-31,33-34,44H,1-2,19-23H2,3H3/t27-,28?,30+,31+,33+,34?,38?/m1/s1. The number of likely N-dealkylation sites (tertiary alicyclic amines) is 1. The predicted molar refractivity (Wildman–Crippen MR) is 198 cm³/mol. The smallest absolute Gasteiger partial charge is 0.251 e. The van der Waals surface area contributed by atoms with Crippen molar-refractivity contribution >= 4 is 68.4 Å². The van der Waals surface area contributed by atoms with Gasteiger partial charge in [0.25, 0.3) is 5.91 Å². The number of hydrogen-bond acceptors (Lipinski definition) is 5. The number of halogens is 2. The van der Waals surface area contributed by atoms with Gasteiger partial charge in [-0.3, -0.25) is 14.4 Å². The summed E-state index contributed by atoms with van der Waals surface area (Å²) in [7, 11) is 0. The van der Waals surface area contributed by atoms with Crippen LogP contribution in [0.5, 0.6) is 0 Å². The fourth-order valence-corrected chi connectivity index (χ4v) is 11.8. The molecule has 6 rings (SSSR count). The van der Waals surface area contributed by atoms with Crippen LogP contribution in [0.2, 0.25) is 5.02 Å². The van der Waals surface area contributed by atoms with Gasteiger partial charge in [-0.2, -0.15) is 0 Å². The summed E-state index contributed by atoms with van der Waals surface area (Å²) in [5.41, 5.74) is 3.01. The number of carbonyl (C=O) groups excluding carboxylic acids is 3. The Bertz CT molecular complexity index is 1690. The average Bonchev–Trinajstić information content (AvgIpc) is 3.69. The maximum Gasteiger partial charge on any atom is 0.251 e. The number of fused-ring (bicyclic) bond motifs is 1. The van der Waals surface area contributed by atoms with Crippen molar-refractivity contribution in [3.8, 4) is 0 Å². The number of aliphatic hydroxyl groups excluding tert-OH is 1. The maximum atomic E-state index is 15.2. The van der Waals surface area contributed by atoms with Gasteiger partial charge in [0, 0.05) is 28.9 Å². The molecule has 3 aromatic carbocycles. The number of aryl methyl sites for hydroxylation is 1. The van der Waals surface area contributed by atoms with E-state index in [1.54, 1.807) is 44.7 Å². The second kappa shape index (κ2) is 14.2. The van der Waals surface area contributed by atoms with Crippen molar-refractivity contribution in [2.45, 2.75) is 46.7 Å². The molecule has 3 saturated heterocycles. The summed E-state index contributed by atoms with van der Waals surface area (Å²) >= 11 is 12.2. The molecule has 7 nitrogen and oxygen atoms in total. The molecule has 3 fully saturated rings. The van der Waals surface area contributed by atoms with Crippen molar-refractivity contribution in [3.63, 3.8) is 0 Å². The molecule has 10 heteroatoms. The van der Waals surface area contributed by atoms with Crippen LogP contribution < -0.4 is 9.80 Å². The van der Waals surface area contributed by atoms with Crippen molar-refractivity contribution in [2.75, 3.05) is 29.5 Å². The zero-order chi connectivity index (χ0) is 34.2. The molecule has 2 bridgehead atoms. The van der Waals surface area contributed by atoms with E-state index in [-0.39, 0.29) is 47.5 Å². The summed E-state index contributed by atoms with van der Waals surface area (Å²) in [6.07, 6.45) is 4.19. The second-order valence-electron chi connectivity index (χ2n) is 12.7. The van der Waals surface area contributed by atoms with Crippen LogP contribution in [0.3, 0.4) is 0 Å². The van der Waals surface area contributed by atoms with Gasteiger partial charge in [0.1, 0.15) is 6.04 Å². The van der Waals surface area contributed by atoms with Crippen molar-refractivity contribution in [3.05, 3.63) is 120 Å². The molecule has 3 amide bonds. The maximum absolute atomic E-state index is 15.2. The summed E-state index contributed by atoms with van der Waals surface area (Å²) < 4.78 is -0.928. The molecule has 1 spiro atoms. The Kier molecular flexibility index (Phi) is 10.2. The highest BCUT2D eigenvalue weighted by Gasteiger charge is 2.76. The first-order valence-corrected chi connectivity index (χ1v) is 18.3. The van der Waals surface area contributed by atoms with Gasteiger partial charge in [-0.15, -0.1) is 24.9 Å². The number of aliphatic hydroxyl groups is 1. The molecular formula is C38H39BrClN3O4S. The van der Waals surface area contributed by atoms with Gasteiger partial charge < -0.3 is 19.8 Å². The molecule has 0 saturated carbocycles. The van der Waals surface area contributed by atoms with Gasteiger partial charge in [-0.05, 0) is 49.1 Å². The molecular weight excluding hydrogens is 710 g/mol. The number of benzene rings is 3. The molecule has 48 heavy (non-hydrogen) atoms. The number of hydrogen-bond donors (Lipinski definition) is 1. The SMILES string of the molecule is C=CCN(C(=O)[C@H]1[C@H]2C(=O)N([C@@H](CO)Cc3ccccc3)C(C(=O)N(CC=C)c3c(C)cccc3Cl)C23CC(Br)[C@@H]1S3)c1ccccc1. The number of nitrogens with zero attached hydrogens (tertiary/aromatic N) is 3. The third-order valence-corrected chi connectivity index (χ3v) is 13.4. The van der Waals surface area contributed by atoms with E-state index in [2.05, 4.69) is 29.1 Å². The first kappa shape index (κ1) is 34.5. The topological polar surface area (TPSA) is 81.2 Å². The van der Waals surface area contributed by atoms with Crippen molar-refractivity contribution < 1.29 is 19.5 Å². The quantitative estimate of drug-likeness (QED) is 0.170. The fourth-order valence-electron chi connectivity index (χ4n) is 7.93. The fraction of sp³-hybridized carbons (Fsp3) is 0.342. The molecule has 0 aromatic heterocycles. The number of alkyl halides is 1. The van der Waals surface area contributed by atoms with Crippen LogP contribution in [0.1, 0.15) is 17.5 Å². The second-order valence-corrected chi connectivity index (χ2v) is 15.8. The molecule has 0 radical (unpaired) electrons. The number of anilines is 2. The molecule has 7 atom stereocenters. The van der Waals surface area contributed by atoms with E-state index in [1.165, 1.54) is 0 Å². The minimum Gasteiger partial charge on any atom is -0.394 e. The lowest BCUT2D eigenvalue weighted by Gasteiger charge is -2.40. The molecule has 3 aliphatic rings. The summed E-state index contributed by atoms with van der Waals surface area (Å²) in [6.45, 7) is 9.82. The number of thioether (sulfide) groups is 1. The number of rotatable bonds is 12. The third kappa shape index (κ3) is 5.82. The van der Waals surface area contributed by atoms with E-state index in [0.717, 1.165) is 11.1 Å². The summed E-state index contributed by atoms with van der Waals surface area (Å²) in [5, 5.41) is 11.1. The average molecular weight is 749 g/mol. The molecule has 3 aromatic rings. The van der Waals surface area contributed by atoms with E-state index >= 15 is 9.59 Å². The van der Waals surface area contributed by atoms with Gasteiger partial charge in [0.05, 0.1) is 39.9 Å². The van der Waals surface area contributed by atoms with E-state index < -0.39 is 28.7 Å². The Labute approximate surface area is 299 Å². The van der Waals surface area contributed by atoms with Crippen LogP contribution >= 0.6 is 39.3 Å². The van der Waals surface area contributed by atoms with E-state index in [9.17, 15) is 9.90 Å². The third-order valence-electron chi connectivity index (χ3n) is 9.85. The van der Waals surface area contributed by atoms with Crippen LogP contribution in [-0.2, 0) is 20.8 Å². The first-order chi connectivity index (χ1) is 23.2. The molecule has 3 unspecified atom stereocenters. The van der Waals surface area contributed by atoms with Crippen LogP contribution in [0, 0.1) is 18.8 Å². The van der Waals surface area contributed by atoms with E-state index in [0.29, 0.717) is 29.2 Å². The Morgan fingerprint density at radius 1 is 1.02 bits per heavy atom. The van der Waals surface area contributed by atoms with Crippen LogP contribution in [0.15, 0.2) is 104 Å². The van der Waals surface area contributed by atoms with Gasteiger partial charge in [-0.1, -0.05) is 100 Å². The summed E-state index contributed by atoms with van der Waals surface area (Å²) in [6, 6.07) is 22.8. The highest BCUT2D eigenvalue weighted by molar-refractivity contribution is 9.09. The molecule has 250 valence electrons. The lowest BCUT2D eigenvalue weighted by atomic mass is 9.70. The number of para-hydroxylation sites is 2. The predicted octanol–water partition coefficient (Wildman–Crippen LogP) is 6.45. The van der Waals surface area contributed by atoms with Crippen LogP contribution in [-0.4, -0.2) is 74.3 Å². The monoisotopic (exact) mass is 747 g/mol. The lowest BCUT2D eigenvalue weighted by Crippen LogP contribution is -2.58. The summed E-state index contributed by atoms with van der Waals surface area (Å²) in [5.74, 6) is -2.24. The Morgan fingerprint density at radius 3 is 2.29 bits per heavy atom. The zero-order valence-electron chi connectivity index (χ0n) is 26.8. The number of carbonyl (C=O) groups is 3. The van der Waals surface area contributed by atoms with Crippen LogP contribution in [0.4, 0.5) is 11.4 Å². The highest BCUT2D eigenvalue weighted by atomic mass is 79.9. The Hall–Kier alpha value is -3.37. The molecule has 1 N–H and O–H groups in total. The summed E-state index contributed by atoms with van der Waals surface area (Å²) in [4.78, 5) is 49.8. The van der Waals surface area contributed by atoms with Crippen molar-refractivity contribution in [2.24, 2.45) is 11.8 Å². The first-order valence-electron chi connectivity index (χ1n) is 16.1. The van der Waals surface area contributed by atoms with Gasteiger partial charge in [0.2, 0.25) is 11.8 Å². The zero-order valence-corrected chi connectivity index (χ0v) is 29.9. The van der Waals surface area contributed by atoms with E-state index in [1.807, 2.05) is 79.7 Å². The minimum absolute atomic E-state index is 0.117.